The van der Waals surface area contributed by atoms with Crippen molar-refractivity contribution < 1.29 is 9.18 Å². The first-order valence-electron chi connectivity index (χ1n) is 9.46. The van der Waals surface area contributed by atoms with Crippen LogP contribution in [0.2, 0.25) is 0 Å². The molecular formula is C21H18FN7O2. The molecule has 10 heteroatoms. The van der Waals surface area contributed by atoms with E-state index in [1.165, 1.54) is 35.3 Å². The normalized spacial score (nSPS) is 11.8. The van der Waals surface area contributed by atoms with Crippen LogP contribution in [0.25, 0.3) is 17.1 Å². The maximum absolute atomic E-state index is 13.1. The first-order valence-corrected chi connectivity index (χ1v) is 9.46. The van der Waals surface area contributed by atoms with Gasteiger partial charge in [0.1, 0.15) is 18.2 Å². The molecule has 0 aliphatic heterocycles. The Morgan fingerprint density at radius 3 is 2.71 bits per heavy atom. The monoisotopic (exact) mass is 419 g/mol. The zero-order valence-electron chi connectivity index (χ0n) is 16.5. The molecule has 0 aliphatic rings. The summed E-state index contributed by atoms with van der Waals surface area (Å²) in [4.78, 5) is 33.2. The third-order valence-corrected chi connectivity index (χ3v) is 4.60. The van der Waals surface area contributed by atoms with Crippen molar-refractivity contribution in [3.05, 3.63) is 89.1 Å². The average Bonchev–Trinajstić information content (AvgIpc) is 3.33. The third-order valence-electron chi connectivity index (χ3n) is 4.60. The second kappa shape index (κ2) is 8.66. The molecule has 0 saturated carbocycles. The fourth-order valence-electron chi connectivity index (χ4n) is 2.93. The number of carbonyl (C=O) groups excluding carboxylic acids is 1. The number of hydrogen-bond donors (Lipinski definition) is 1. The minimum absolute atomic E-state index is 0.132. The smallest absolute Gasteiger partial charge is 0.267 e. The Kier molecular flexibility index (Phi) is 5.61. The van der Waals surface area contributed by atoms with Crippen molar-refractivity contribution in [2.45, 2.75) is 19.5 Å². The summed E-state index contributed by atoms with van der Waals surface area (Å²) in [6, 6.07) is 11.4. The van der Waals surface area contributed by atoms with Crippen LogP contribution in [-0.2, 0) is 11.3 Å². The lowest BCUT2D eigenvalue weighted by molar-refractivity contribution is -0.124. The molecule has 0 radical (unpaired) electrons. The Bertz CT molecular complexity index is 1250. The lowest BCUT2D eigenvalue weighted by Gasteiger charge is -2.15. The van der Waals surface area contributed by atoms with E-state index in [4.69, 9.17) is 0 Å². The van der Waals surface area contributed by atoms with Gasteiger partial charge in [0, 0.05) is 24.0 Å². The molecule has 31 heavy (non-hydrogen) atoms. The minimum atomic E-state index is -0.846. The van der Waals surface area contributed by atoms with Crippen LogP contribution in [0.4, 0.5) is 4.39 Å². The van der Waals surface area contributed by atoms with Crippen molar-refractivity contribution in [2.75, 3.05) is 0 Å². The van der Waals surface area contributed by atoms with Crippen LogP contribution < -0.4 is 10.9 Å². The fraction of sp³-hybridized carbons (Fsp3) is 0.143. The average molecular weight is 419 g/mol. The summed E-state index contributed by atoms with van der Waals surface area (Å²) in [5, 5.41) is 11.1. The fourth-order valence-corrected chi connectivity index (χ4v) is 2.93. The predicted octanol–water partition coefficient (Wildman–Crippen LogP) is 1.90. The molecule has 0 aliphatic carbocycles. The van der Waals surface area contributed by atoms with Gasteiger partial charge >= 0.3 is 0 Å². The highest BCUT2D eigenvalue weighted by Gasteiger charge is 2.18. The number of carbonyl (C=O) groups is 1. The van der Waals surface area contributed by atoms with Crippen LogP contribution >= 0.6 is 0 Å². The summed E-state index contributed by atoms with van der Waals surface area (Å²) < 4.78 is 15.7. The molecule has 3 aromatic heterocycles. The maximum Gasteiger partial charge on any atom is 0.267 e. The van der Waals surface area contributed by atoms with Crippen molar-refractivity contribution in [3.8, 4) is 17.1 Å². The second-order valence-corrected chi connectivity index (χ2v) is 6.72. The molecule has 4 aromatic rings. The highest BCUT2D eigenvalue weighted by atomic mass is 19.1. The number of aromatic nitrogens is 6. The van der Waals surface area contributed by atoms with Crippen LogP contribution in [0.3, 0.4) is 0 Å². The highest BCUT2D eigenvalue weighted by Crippen LogP contribution is 2.17. The first-order chi connectivity index (χ1) is 15.0. The topological polar surface area (TPSA) is 108 Å². The van der Waals surface area contributed by atoms with Crippen LogP contribution in [-0.4, -0.2) is 35.4 Å². The third kappa shape index (κ3) is 4.53. The van der Waals surface area contributed by atoms with Crippen LogP contribution in [0.5, 0.6) is 0 Å². The van der Waals surface area contributed by atoms with E-state index in [1.54, 1.807) is 43.6 Å². The SMILES string of the molecule is CC(C(=O)NCc1cc(-c2ccc(F)cc2)ncn1)n1nc(-n2cccn2)ccc1=O. The van der Waals surface area contributed by atoms with Gasteiger partial charge in [-0.2, -0.15) is 5.10 Å². The summed E-state index contributed by atoms with van der Waals surface area (Å²) in [5.74, 6) is -0.307. The number of amides is 1. The number of hydrogen-bond acceptors (Lipinski definition) is 6. The molecule has 9 nitrogen and oxygen atoms in total. The summed E-state index contributed by atoms with van der Waals surface area (Å²) >= 11 is 0. The van der Waals surface area contributed by atoms with E-state index in [2.05, 4.69) is 25.5 Å². The summed E-state index contributed by atoms with van der Waals surface area (Å²) in [6.07, 6.45) is 4.66. The minimum Gasteiger partial charge on any atom is -0.349 e. The van der Waals surface area contributed by atoms with E-state index in [-0.39, 0.29) is 12.4 Å². The molecule has 4 rings (SSSR count). The molecule has 1 amide bonds. The second-order valence-electron chi connectivity index (χ2n) is 6.72. The van der Waals surface area contributed by atoms with Crippen LogP contribution in [0.15, 0.2) is 72.0 Å². The Balaban J connectivity index is 1.47. The van der Waals surface area contributed by atoms with Gasteiger partial charge in [-0.25, -0.2) is 23.7 Å². The van der Waals surface area contributed by atoms with E-state index in [1.807, 2.05) is 0 Å². The zero-order valence-corrected chi connectivity index (χ0v) is 16.5. The Morgan fingerprint density at radius 2 is 1.97 bits per heavy atom. The molecule has 0 saturated heterocycles. The van der Waals surface area contributed by atoms with Gasteiger partial charge in [0.05, 0.1) is 17.9 Å². The summed E-state index contributed by atoms with van der Waals surface area (Å²) in [5.41, 5.74) is 1.51. The molecule has 3 heterocycles. The van der Waals surface area contributed by atoms with Crippen molar-refractivity contribution in [1.29, 1.82) is 0 Å². The Labute approximate surface area is 176 Å². The molecule has 0 spiro atoms. The molecule has 1 atom stereocenters. The molecule has 1 N–H and O–H groups in total. The van der Waals surface area contributed by atoms with Crippen LogP contribution in [0.1, 0.15) is 18.7 Å². The molecule has 156 valence electrons. The molecule has 0 bridgehead atoms. The summed E-state index contributed by atoms with van der Waals surface area (Å²) in [6.45, 7) is 1.72. The van der Waals surface area contributed by atoms with Gasteiger partial charge in [-0.15, -0.1) is 5.10 Å². The number of nitrogens with one attached hydrogen (secondary N) is 1. The Hall–Kier alpha value is -4.21. The van der Waals surface area contributed by atoms with E-state index < -0.39 is 17.5 Å². The van der Waals surface area contributed by atoms with E-state index >= 15 is 0 Å². The van der Waals surface area contributed by atoms with Crippen molar-refractivity contribution in [2.24, 2.45) is 0 Å². The number of benzene rings is 1. The van der Waals surface area contributed by atoms with Gasteiger partial charge in [-0.3, -0.25) is 9.59 Å². The molecule has 1 unspecified atom stereocenters. The predicted molar refractivity (Wildman–Crippen MR) is 110 cm³/mol. The zero-order chi connectivity index (χ0) is 21.8. The van der Waals surface area contributed by atoms with E-state index in [0.29, 0.717) is 17.2 Å². The van der Waals surface area contributed by atoms with Crippen molar-refractivity contribution >= 4 is 5.91 Å². The van der Waals surface area contributed by atoms with Gasteiger partial charge in [-0.1, -0.05) is 0 Å². The Morgan fingerprint density at radius 1 is 1.16 bits per heavy atom. The van der Waals surface area contributed by atoms with Crippen molar-refractivity contribution in [3.63, 3.8) is 0 Å². The standard InChI is InChI=1S/C21H18FN7O2/c1-14(29-20(30)8-7-19(27-29)28-10-2-9-26-28)21(31)23-12-17-11-18(25-13-24-17)15-3-5-16(22)6-4-15/h2-11,13-14H,12H2,1H3,(H,23,31). The quantitative estimate of drug-likeness (QED) is 0.512. The van der Waals surface area contributed by atoms with Gasteiger partial charge in [0.2, 0.25) is 5.91 Å². The van der Waals surface area contributed by atoms with Gasteiger partial charge in [0.15, 0.2) is 5.82 Å². The van der Waals surface area contributed by atoms with Gasteiger partial charge in [0.25, 0.3) is 5.56 Å². The van der Waals surface area contributed by atoms with Crippen LogP contribution in [0, 0.1) is 5.82 Å². The first kappa shape index (κ1) is 20.1. The van der Waals surface area contributed by atoms with Gasteiger partial charge < -0.3 is 5.32 Å². The lowest BCUT2D eigenvalue weighted by atomic mass is 10.1. The number of nitrogens with zero attached hydrogens (tertiary/aromatic N) is 6. The molecular weight excluding hydrogens is 401 g/mol. The van der Waals surface area contributed by atoms with Crippen molar-refractivity contribution in [1.82, 2.24) is 34.8 Å². The summed E-state index contributed by atoms with van der Waals surface area (Å²) in [7, 11) is 0. The molecule has 1 aromatic carbocycles. The molecule has 0 fully saturated rings. The maximum atomic E-state index is 13.1. The highest BCUT2D eigenvalue weighted by molar-refractivity contribution is 5.79. The van der Waals surface area contributed by atoms with E-state index in [9.17, 15) is 14.0 Å². The van der Waals surface area contributed by atoms with E-state index in [0.717, 1.165) is 10.2 Å². The van der Waals surface area contributed by atoms with Gasteiger partial charge in [-0.05, 0) is 49.4 Å². The lowest BCUT2D eigenvalue weighted by Crippen LogP contribution is -2.37. The largest absolute Gasteiger partial charge is 0.349 e. The number of rotatable bonds is 6. The number of halogens is 1.